The van der Waals surface area contributed by atoms with Gasteiger partial charge in [-0.1, -0.05) is 20.3 Å². The van der Waals surface area contributed by atoms with E-state index in [0.717, 1.165) is 19.3 Å². The van der Waals surface area contributed by atoms with Crippen LogP contribution in [0.2, 0.25) is 0 Å². The lowest BCUT2D eigenvalue weighted by atomic mass is 9.95. The van der Waals surface area contributed by atoms with Crippen LogP contribution in [0.3, 0.4) is 0 Å². The van der Waals surface area contributed by atoms with E-state index < -0.39 is 5.60 Å². The fraction of sp³-hybridized carbons (Fsp3) is 0.923. The van der Waals surface area contributed by atoms with Crippen molar-refractivity contribution in [3.05, 3.63) is 0 Å². The molecule has 0 radical (unpaired) electrons. The van der Waals surface area contributed by atoms with Crippen LogP contribution in [0.15, 0.2) is 0 Å². The van der Waals surface area contributed by atoms with E-state index >= 15 is 0 Å². The zero-order chi connectivity index (χ0) is 12.4. The van der Waals surface area contributed by atoms with Crippen LogP contribution in [0, 0.1) is 5.92 Å². The molecule has 1 atom stereocenters. The van der Waals surface area contributed by atoms with Crippen LogP contribution in [-0.2, 0) is 4.74 Å². The molecular weight excluding hydrogens is 202 g/mol. The number of hydrogen-bond donors (Lipinski definition) is 1. The van der Waals surface area contributed by atoms with Gasteiger partial charge >= 0.3 is 6.09 Å². The molecule has 1 rings (SSSR count). The molecule has 0 aromatic rings. The monoisotopic (exact) mass is 227 g/mol. The SMILES string of the molecule is CCCC(C)C1(NC(=O)OC(C)(C)C)CC1. The summed E-state index contributed by atoms with van der Waals surface area (Å²) in [6, 6.07) is 0. The lowest BCUT2D eigenvalue weighted by Crippen LogP contribution is -2.44. The Bertz CT molecular complexity index is 251. The second kappa shape index (κ2) is 4.64. The summed E-state index contributed by atoms with van der Waals surface area (Å²) in [5, 5.41) is 3.05. The molecule has 3 heteroatoms. The van der Waals surface area contributed by atoms with E-state index in [1.807, 2.05) is 20.8 Å². The fourth-order valence-corrected chi connectivity index (χ4v) is 2.09. The third-order valence-electron chi connectivity index (χ3n) is 3.20. The Morgan fingerprint density at radius 1 is 1.44 bits per heavy atom. The number of amides is 1. The molecule has 1 N–H and O–H groups in total. The van der Waals surface area contributed by atoms with Gasteiger partial charge in [0.25, 0.3) is 0 Å². The molecule has 16 heavy (non-hydrogen) atoms. The van der Waals surface area contributed by atoms with Gasteiger partial charge in [-0.25, -0.2) is 4.79 Å². The first kappa shape index (κ1) is 13.3. The van der Waals surface area contributed by atoms with Crippen molar-refractivity contribution in [3.8, 4) is 0 Å². The highest BCUT2D eigenvalue weighted by molar-refractivity contribution is 5.69. The predicted octanol–water partition coefficient (Wildman–Crippen LogP) is 3.48. The van der Waals surface area contributed by atoms with E-state index in [9.17, 15) is 4.79 Å². The topological polar surface area (TPSA) is 38.3 Å². The average Bonchev–Trinajstić information content (AvgIpc) is 2.82. The number of ether oxygens (including phenoxy) is 1. The number of alkyl carbamates (subject to hydrolysis) is 1. The molecule has 0 bridgehead atoms. The molecule has 1 amide bonds. The van der Waals surface area contributed by atoms with Crippen molar-refractivity contribution >= 4 is 6.09 Å². The first-order chi connectivity index (χ1) is 7.29. The van der Waals surface area contributed by atoms with Gasteiger partial charge in [0.15, 0.2) is 0 Å². The van der Waals surface area contributed by atoms with E-state index in [2.05, 4.69) is 19.2 Å². The molecule has 3 nitrogen and oxygen atoms in total. The number of nitrogens with one attached hydrogen (secondary N) is 1. The summed E-state index contributed by atoms with van der Waals surface area (Å²) in [6.07, 6.45) is 4.24. The van der Waals surface area contributed by atoms with Crippen molar-refractivity contribution in [2.24, 2.45) is 5.92 Å². The van der Waals surface area contributed by atoms with Crippen LogP contribution in [0.4, 0.5) is 4.79 Å². The van der Waals surface area contributed by atoms with Crippen LogP contribution in [0.25, 0.3) is 0 Å². The maximum atomic E-state index is 11.7. The van der Waals surface area contributed by atoms with E-state index in [-0.39, 0.29) is 11.6 Å². The van der Waals surface area contributed by atoms with Crippen LogP contribution in [-0.4, -0.2) is 17.2 Å². The number of carbonyl (C=O) groups excluding carboxylic acids is 1. The quantitative estimate of drug-likeness (QED) is 0.798. The maximum Gasteiger partial charge on any atom is 0.408 e. The molecule has 1 saturated carbocycles. The Kier molecular flexibility index (Phi) is 3.87. The van der Waals surface area contributed by atoms with Gasteiger partial charge in [0, 0.05) is 5.54 Å². The standard InChI is InChI=1S/C13H25NO2/c1-6-7-10(2)13(8-9-13)14-11(15)16-12(3,4)5/h10H,6-9H2,1-5H3,(H,14,15). The predicted molar refractivity (Wildman–Crippen MR) is 65.4 cm³/mol. The van der Waals surface area contributed by atoms with Crippen molar-refractivity contribution in [1.82, 2.24) is 5.32 Å². The van der Waals surface area contributed by atoms with E-state index in [0.29, 0.717) is 5.92 Å². The van der Waals surface area contributed by atoms with Crippen LogP contribution < -0.4 is 5.32 Å². The summed E-state index contributed by atoms with van der Waals surface area (Å²) in [4.78, 5) is 11.7. The van der Waals surface area contributed by atoms with Crippen molar-refractivity contribution in [1.29, 1.82) is 0 Å². The number of hydrogen-bond acceptors (Lipinski definition) is 2. The molecule has 1 aliphatic rings. The Labute approximate surface area is 98.9 Å². The highest BCUT2D eigenvalue weighted by atomic mass is 16.6. The zero-order valence-electron chi connectivity index (χ0n) is 11.2. The Balaban J connectivity index is 2.44. The number of rotatable bonds is 4. The third-order valence-corrected chi connectivity index (χ3v) is 3.20. The first-order valence-electron chi connectivity index (χ1n) is 6.30. The second-order valence-electron chi connectivity index (χ2n) is 5.97. The van der Waals surface area contributed by atoms with Crippen molar-refractivity contribution in [2.75, 3.05) is 0 Å². The minimum Gasteiger partial charge on any atom is -0.444 e. The van der Waals surface area contributed by atoms with Crippen LogP contribution >= 0.6 is 0 Å². The molecule has 0 spiro atoms. The molecule has 94 valence electrons. The highest BCUT2D eigenvalue weighted by Crippen LogP contribution is 2.44. The van der Waals surface area contributed by atoms with Crippen molar-refractivity contribution in [2.45, 2.75) is 71.4 Å². The molecule has 1 unspecified atom stereocenters. The smallest absolute Gasteiger partial charge is 0.408 e. The minimum absolute atomic E-state index is 0.0261. The lowest BCUT2D eigenvalue weighted by Gasteiger charge is -2.27. The van der Waals surface area contributed by atoms with E-state index in [1.165, 1.54) is 6.42 Å². The average molecular weight is 227 g/mol. The molecule has 0 aromatic carbocycles. The van der Waals surface area contributed by atoms with Gasteiger partial charge in [-0.05, 0) is 46.0 Å². The van der Waals surface area contributed by atoms with Gasteiger partial charge in [0.05, 0.1) is 0 Å². The maximum absolute atomic E-state index is 11.7. The van der Waals surface area contributed by atoms with E-state index in [4.69, 9.17) is 4.74 Å². The normalized spacial score (nSPS) is 20.1. The second-order valence-corrected chi connectivity index (χ2v) is 5.97. The lowest BCUT2D eigenvalue weighted by molar-refractivity contribution is 0.0475. The zero-order valence-corrected chi connectivity index (χ0v) is 11.2. The van der Waals surface area contributed by atoms with Crippen molar-refractivity contribution in [3.63, 3.8) is 0 Å². The summed E-state index contributed by atoms with van der Waals surface area (Å²) in [5.41, 5.74) is -0.382. The van der Waals surface area contributed by atoms with Crippen LogP contribution in [0.5, 0.6) is 0 Å². The molecule has 1 fully saturated rings. The van der Waals surface area contributed by atoms with Gasteiger partial charge in [0.2, 0.25) is 0 Å². The van der Waals surface area contributed by atoms with Gasteiger partial charge in [0.1, 0.15) is 5.60 Å². The molecule has 1 aliphatic carbocycles. The molecule has 0 aliphatic heterocycles. The molecule has 0 saturated heterocycles. The Morgan fingerprint density at radius 3 is 2.38 bits per heavy atom. The van der Waals surface area contributed by atoms with Gasteiger partial charge in [-0.2, -0.15) is 0 Å². The fourth-order valence-electron chi connectivity index (χ4n) is 2.09. The number of carbonyl (C=O) groups is 1. The summed E-state index contributed by atoms with van der Waals surface area (Å²) < 4.78 is 5.29. The summed E-state index contributed by atoms with van der Waals surface area (Å²) in [6.45, 7) is 10.1. The first-order valence-corrected chi connectivity index (χ1v) is 6.30. The molecule has 0 heterocycles. The minimum atomic E-state index is -0.409. The summed E-state index contributed by atoms with van der Waals surface area (Å²) >= 11 is 0. The Hall–Kier alpha value is -0.730. The summed E-state index contributed by atoms with van der Waals surface area (Å²) in [5.74, 6) is 0.546. The van der Waals surface area contributed by atoms with E-state index in [1.54, 1.807) is 0 Å². The van der Waals surface area contributed by atoms with Gasteiger partial charge in [-0.3, -0.25) is 0 Å². The van der Waals surface area contributed by atoms with Gasteiger partial charge < -0.3 is 10.1 Å². The van der Waals surface area contributed by atoms with Gasteiger partial charge in [-0.15, -0.1) is 0 Å². The third kappa shape index (κ3) is 3.69. The van der Waals surface area contributed by atoms with Crippen molar-refractivity contribution < 1.29 is 9.53 Å². The summed E-state index contributed by atoms with van der Waals surface area (Å²) in [7, 11) is 0. The largest absolute Gasteiger partial charge is 0.444 e. The van der Waals surface area contributed by atoms with Crippen LogP contribution in [0.1, 0.15) is 60.3 Å². The Morgan fingerprint density at radius 2 is 2.00 bits per heavy atom. The highest BCUT2D eigenvalue weighted by Gasteiger charge is 2.48. The molecular formula is C13H25NO2. The molecule has 0 aromatic heterocycles.